The number of fused-ring (bicyclic) bond motifs is 1. The fraction of sp³-hybridized carbons (Fsp3) is 0.182. The molecule has 0 aliphatic rings. The van der Waals surface area contributed by atoms with Gasteiger partial charge in [-0.3, -0.25) is 9.59 Å². The smallest absolute Gasteiger partial charge is 0.310 e. The predicted molar refractivity (Wildman–Crippen MR) is 73.4 cm³/mol. The van der Waals surface area contributed by atoms with Crippen molar-refractivity contribution in [1.82, 2.24) is 19.8 Å². The van der Waals surface area contributed by atoms with E-state index in [2.05, 4.69) is 15.3 Å². The van der Waals surface area contributed by atoms with E-state index in [0.29, 0.717) is 22.1 Å². The Labute approximate surface area is 120 Å². The van der Waals surface area contributed by atoms with Crippen LogP contribution in [0.4, 0.5) is 0 Å². The van der Waals surface area contributed by atoms with Crippen molar-refractivity contribution in [2.24, 2.45) is 0 Å². The summed E-state index contributed by atoms with van der Waals surface area (Å²) in [5, 5.41) is 22.8. The van der Waals surface area contributed by atoms with Crippen molar-refractivity contribution in [1.29, 1.82) is 0 Å². The Morgan fingerprint density at radius 3 is 2.95 bits per heavy atom. The molecule has 0 aliphatic carbocycles. The number of aliphatic carboxylic acids is 1. The molecule has 0 aromatic carbocycles. The Kier molecular flexibility index (Phi) is 3.28. The fourth-order valence-electron chi connectivity index (χ4n) is 1.68. The molecule has 102 valence electrons. The number of hydrogen-bond acceptors (Lipinski definition) is 7. The van der Waals surface area contributed by atoms with Gasteiger partial charge in [0.15, 0.2) is 0 Å². The molecule has 9 heteroatoms. The maximum absolute atomic E-state index is 12.2. The highest BCUT2D eigenvalue weighted by atomic mass is 32.1. The number of carboxylic acids is 1. The molecule has 0 fully saturated rings. The first-order chi connectivity index (χ1) is 9.63. The molecular weight excluding hydrogens is 300 g/mol. The molecule has 20 heavy (non-hydrogen) atoms. The summed E-state index contributed by atoms with van der Waals surface area (Å²) < 4.78 is 1.12. The van der Waals surface area contributed by atoms with Gasteiger partial charge in [-0.2, -0.15) is 9.61 Å². The van der Waals surface area contributed by atoms with Gasteiger partial charge in [0.05, 0.1) is 6.42 Å². The lowest BCUT2D eigenvalue weighted by molar-refractivity contribution is -0.136. The second-order valence-electron chi connectivity index (χ2n) is 3.97. The second kappa shape index (κ2) is 5.10. The van der Waals surface area contributed by atoms with Crippen molar-refractivity contribution in [2.75, 3.05) is 0 Å². The number of hydrogen-bond donors (Lipinski definition) is 1. The van der Waals surface area contributed by atoms with Gasteiger partial charge in [-0.25, -0.2) is 0 Å². The number of aromatic nitrogens is 4. The molecular formula is C11H8N4O3S2. The maximum atomic E-state index is 12.2. The normalized spacial score (nSPS) is 11.0. The van der Waals surface area contributed by atoms with Gasteiger partial charge >= 0.3 is 5.97 Å². The van der Waals surface area contributed by atoms with Gasteiger partial charge in [0.2, 0.25) is 4.96 Å². The summed E-state index contributed by atoms with van der Waals surface area (Å²) in [6.07, 6.45) is 0.173. The van der Waals surface area contributed by atoms with E-state index in [4.69, 9.17) is 5.11 Å². The molecule has 0 saturated heterocycles. The molecule has 0 radical (unpaired) electrons. The molecule has 0 spiro atoms. The molecule has 3 heterocycles. The molecule has 0 atom stereocenters. The minimum absolute atomic E-state index is 0.228. The highest BCUT2D eigenvalue weighted by Gasteiger charge is 2.14. The standard InChI is InChI=1S/C11H8N4O3S2/c16-9(17)5-8-14-15-10(18)7(12-13-11(15)20-8)4-6-2-1-3-19-6/h1-3H,4-5H2,(H,16,17). The van der Waals surface area contributed by atoms with Crippen molar-refractivity contribution in [3.8, 4) is 0 Å². The van der Waals surface area contributed by atoms with Crippen LogP contribution in [-0.2, 0) is 17.6 Å². The first-order valence-electron chi connectivity index (χ1n) is 5.62. The van der Waals surface area contributed by atoms with Crippen molar-refractivity contribution in [3.63, 3.8) is 0 Å². The summed E-state index contributed by atoms with van der Waals surface area (Å²) in [5.74, 6) is -0.996. The first-order valence-corrected chi connectivity index (χ1v) is 7.31. The van der Waals surface area contributed by atoms with E-state index < -0.39 is 5.97 Å². The zero-order valence-corrected chi connectivity index (χ0v) is 11.6. The molecule has 0 aliphatic heterocycles. The van der Waals surface area contributed by atoms with Gasteiger partial charge in [-0.1, -0.05) is 17.4 Å². The number of nitrogens with zero attached hydrogens (tertiary/aromatic N) is 4. The Morgan fingerprint density at radius 1 is 1.40 bits per heavy atom. The largest absolute Gasteiger partial charge is 0.481 e. The van der Waals surface area contributed by atoms with Crippen molar-refractivity contribution in [3.05, 3.63) is 43.4 Å². The van der Waals surface area contributed by atoms with E-state index in [9.17, 15) is 9.59 Å². The molecule has 3 aromatic rings. The average Bonchev–Trinajstić information content (AvgIpc) is 3.01. The highest BCUT2D eigenvalue weighted by molar-refractivity contribution is 7.16. The van der Waals surface area contributed by atoms with E-state index in [1.165, 1.54) is 11.3 Å². The van der Waals surface area contributed by atoms with Crippen LogP contribution >= 0.6 is 22.7 Å². The zero-order chi connectivity index (χ0) is 14.1. The summed E-state index contributed by atoms with van der Waals surface area (Å²) in [7, 11) is 0. The molecule has 3 rings (SSSR count). The number of rotatable bonds is 4. The second-order valence-corrected chi connectivity index (χ2v) is 6.04. The molecule has 0 saturated carbocycles. The number of carbonyl (C=O) groups is 1. The molecule has 3 aromatic heterocycles. The summed E-state index contributed by atoms with van der Waals surface area (Å²) in [6.45, 7) is 0. The van der Waals surface area contributed by atoms with Gasteiger partial charge in [-0.15, -0.1) is 21.5 Å². The third-order valence-corrected chi connectivity index (χ3v) is 4.30. The minimum atomic E-state index is -0.996. The lowest BCUT2D eigenvalue weighted by Crippen LogP contribution is -2.22. The van der Waals surface area contributed by atoms with Crippen LogP contribution in [0.2, 0.25) is 0 Å². The SMILES string of the molecule is O=C(O)Cc1nn2c(=O)c(Cc3cccs3)nnc2s1. The summed E-state index contributed by atoms with van der Waals surface area (Å²) in [4.78, 5) is 24.2. The summed E-state index contributed by atoms with van der Waals surface area (Å²) >= 11 is 2.59. The third kappa shape index (κ3) is 2.45. The van der Waals surface area contributed by atoms with Crippen molar-refractivity contribution < 1.29 is 9.90 Å². The van der Waals surface area contributed by atoms with Crippen molar-refractivity contribution >= 4 is 33.6 Å². The summed E-state index contributed by atoms with van der Waals surface area (Å²) in [5.41, 5.74) is -0.0478. The van der Waals surface area contributed by atoms with Gasteiger partial charge in [-0.05, 0) is 11.4 Å². The average molecular weight is 308 g/mol. The minimum Gasteiger partial charge on any atom is -0.481 e. The lowest BCUT2D eigenvalue weighted by Gasteiger charge is -1.96. The highest BCUT2D eigenvalue weighted by Crippen LogP contribution is 2.13. The van der Waals surface area contributed by atoms with Gasteiger partial charge in [0.25, 0.3) is 5.56 Å². The Hall–Kier alpha value is -2.13. The monoisotopic (exact) mass is 308 g/mol. The zero-order valence-electron chi connectivity index (χ0n) is 10.0. The van der Waals surface area contributed by atoms with Crippen LogP contribution in [0.3, 0.4) is 0 Å². The van der Waals surface area contributed by atoms with E-state index in [1.807, 2.05) is 17.5 Å². The topological polar surface area (TPSA) is 97.4 Å². The van der Waals surface area contributed by atoms with Gasteiger partial charge in [0.1, 0.15) is 10.7 Å². The maximum Gasteiger partial charge on any atom is 0.310 e. The first kappa shape index (κ1) is 12.9. The number of carboxylic acid groups (broad SMARTS) is 1. The molecule has 0 amide bonds. The summed E-state index contributed by atoms with van der Waals surface area (Å²) in [6, 6.07) is 3.81. The molecule has 0 bridgehead atoms. The Morgan fingerprint density at radius 2 is 2.25 bits per heavy atom. The van der Waals surface area contributed by atoms with Crippen LogP contribution in [0.1, 0.15) is 15.6 Å². The van der Waals surface area contributed by atoms with Crippen molar-refractivity contribution in [2.45, 2.75) is 12.8 Å². The molecule has 1 N–H and O–H groups in total. The van der Waals surface area contributed by atoms with Crippen LogP contribution in [-0.4, -0.2) is 30.9 Å². The van der Waals surface area contributed by atoms with Crippen LogP contribution in [0.5, 0.6) is 0 Å². The van der Waals surface area contributed by atoms with Crippen LogP contribution in [0.25, 0.3) is 4.96 Å². The Bertz CT molecular complexity index is 822. The van der Waals surface area contributed by atoms with E-state index in [1.54, 1.807) is 0 Å². The van der Waals surface area contributed by atoms with Crippen LogP contribution in [0.15, 0.2) is 22.3 Å². The van der Waals surface area contributed by atoms with Crippen LogP contribution in [0, 0.1) is 0 Å². The third-order valence-electron chi connectivity index (χ3n) is 2.52. The molecule has 0 unspecified atom stereocenters. The predicted octanol–water partition coefficient (Wildman–Crippen LogP) is 0.825. The lowest BCUT2D eigenvalue weighted by atomic mass is 10.3. The van der Waals surface area contributed by atoms with E-state index in [0.717, 1.165) is 20.7 Å². The van der Waals surface area contributed by atoms with Crippen LogP contribution < -0.4 is 5.56 Å². The molecule has 7 nitrogen and oxygen atoms in total. The van der Waals surface area contributed by atoms with Gasteiger partial charge in [0, 0.05) is 11.3 Å². The Balaban J connectivity index is 2.01. The fourth-order valence-corrected chi connectivity index (χ4v) is 3.21. The quantitative estimate of drug-likeness (QED) is 0.766. The van der Waals surface area contributed by atoms with Gasteiger partial charge < -0.3 is 5.11 Å². The van der Waals surface area contributed by atoms with E-state index >= 15 is 0 Å². The van der Waals surface area contributed by atoms with E-state index in [-0.39, 0.29) is 12.0 Å². The number of thiophene rings is 1.